The van der Waals surface area contributed by atoms with Gasteiger partial charge in [0, 0.05) is 6.20 Å². The van der Waals surface area contributed by atoms with E-state index in [4.69, 9.17) is 9.84 Å². The molecule has 0 aliphatic heterocycles. The van der Waals surface area contributed by atoms with Crippen molar-refractivity contribution in [1.82, 2.24) is 4.98 Å². The monoisotopic (exact) mass is 312 g/mol. The molecule has 0 atom stereocenters. The summed E-state index contributed by atoms with van der Waals surface area (Å²) in [6.07, 6.45) is 2.22. The van der Waals surface area contributed by atoms with E-state index < -0.39 is 12.1 Å². The predicted molar refractivity (Wildman–Crippen MR) is 85.4 cm³/mol. The number of hydrogen-bond acceptors (Lipinski definition) is 4. The number of ether oxygens (including phenoxy) is 1. The molecule has 6 nitrogen and oxygen atoms in total. The molecule has 1 heterocycles. The number of carboxylic acids is 1. The van der Waals surface area contributed by atoms with Crippen LogP contribution in [0.3, 0.4) is 0 Å². The van der Waals surface area contributed by atoms with Crippen molar-refractivity contribution in [3.63, 3.8) is 0 Å². The molecule has 0 unspecified atom stereocenters. The van der Waals surface area contributed by atoms with Gasteiger partial charge in [-0.05, 0) is 17.7 Å². The Balaban J connectivity index is 2.32. The number of carbonyl (C=O) groups excluding carboxylic acids is 1. The first-order chi connectivity index (χ1) is 11.1. The van der Waals surface area contributed by atoms with E-state index in [2.05, 4.69) is 11.6 Å². The Morgan fingerprint density at radius 2 is 2.00 bits per heavy atom. The second kappa shape index (κ2) is 7.74. The van der Waals surface area contributed by atoms with E-state index in [0.717, 1.165) is 5.56 Å². The number of pyridine rings is 1. The highest BCUT2D eigenvalue weighted by molar-refractivity contribution is 5.91. The summed E-state index contributed by atoms with van der Waals surface area (Å²) < 4.78 is 5.08. The standard InChI is InChI=1S/C17H16N2O4/c1-2-10-23-17(22)19(12-13-6-4-3-5-7-13)14-8-9-18-15(11-14)16(20)21/h2-9,11H,1,10,12H2,(H,20,21). The van der Waals surface area contributed by atoms with Crippen LogP contribution in [0.1, 0.15) is 16.1 Å². The normalized spacial score (nSPS) is 9.91. The van der Waals surface area contributed by atoms with Crippen LogP contribution in [0.4, 0.5) is 10.5 Å². The summed E-state index contributed by atoms with van der Waals surface area (Å²) in [7, 11) is 0. The second-order valence-electron chi connectivity index (χ2n) is 4.64. The number of carboxylic acid groups (broad SMARTS) is 1. The third-order valence-electron chi connectivity index (χ3n) is 3.00. The fourth-order valence-electron chi connectivity index (χ4n) is 1.94. The zero-order chi connectivity index (χ0) is 16.7. The lowest BCUT2D eigenvalue weighted by Gasteiger charge is -2.22. The van der Waals surface area contributed by atoms with E-state index in [1.807, 2.05) is 30.3 Å². The number of benzene rings is 1. The number of hydrogen-bond donors (Lipinski definition) is 1. The van der Waals surface area contributed by atoms with Crippen molar-refractivity contribution in [1.29, 1.82) is 0 Å². The van der Waals surface area contributed by atoms with E-state index in [9.17, 15) is 9.59 Å². The van der Waals surface area contributed by atoms with Gasteiger partial charge in [-0.3, -0.25) is 4.90 Å². The van der Waals surface area contributed by atoms with Crippen LogP contribution in [0.15, 0.2) is 61.3 Å². The maximum atomic E-state index is 12.3. The van der Waals surface area contributed by atoms with Crippen LogP contribution in [0.5, 0.6) is 0 Å². The molecular weight excluding hydrogens is 296 g/mol. The minimum absolute atomic E-state index is 0.0704. The molecule has 0 aliphatic rings. The van der Waals surface area contributed by atoms with Crippen LogP contribution in [0, 0.1) is 0 Å². The van der Waals surface area contributed by atoms with Gasteiger partial charge < -0.3 is 9.84 Å². The molecule has 1 aromatic heterocycles. The Morgan fingerprint density at radius 3 is 2.65 bits per heavy atom. The van der Waals surface area contributed by atoms with Gasteiger partial charge >= 0.3 is 12.1 Å². The van der Waals surface area contributed by atoms with Gasteiger partial charge in [0.15, 0.2) is 0 Å². The Kier molecular flexibility index (Phi) is 5.46. The minimum Gasteiger partial charge on any atom is -0.477 e. The summed E-state index contributed by atoms with van der Waals surface area (Å²) in [5.74, 6) is -1.16. The third kappa shape index (κ3) is 4.41. The van der Waals surface area contributed by atoms with Crippen molar-refractivity contribution in [3.05, 3.63) is 72.6 Å². The first kappa shape index (κ1) is 16.2. The largest absolute Gasteiger partial charge is 0.477 e. The molecule has 0 aliphatic carbocycles. The third-order valence-corrected chi connectivity index (χ3v) is 3.00. The topological polar surface area (TPSA) is 79.7 Å². The number of amides is 1. The van der Waals surface area contributed by atoms with Crippen molar-refractivity contribution in [3.8, 4) is 0 Å². The van der Waals surface area contributed by atoms with Crippen LogP contribution >= 0.6 is 0 Å². The van der Waals surface area contributed by atoms with Gasteiger partial charge in [-0.1, -0.05) is 43.0 Å². The lowest BCUT2D eigenvalue weighted by Crippen LogP contribution is -2.31. The smallest absolute Gasteiger partial charge is 0.414 e. The highest BCUT2D eigenvalue weighted by Crippen LogP contribution is 2.19. The maximum Gasteiger partial charge on any atom is 0.414 e. The van der Waals surface area contributed by atoms with Crippen LogP contribution in [-0.2, 0) is 11.3 Å². The van der Waals surface area contributed by atoms with Crippen molar-refractivity contribution in [2.75, 3.05) is 11.5 Å². The van der Waals surface area contributed by atoms with Crippen molar-refractivity contribution < 1.29 is 19.4 Å². The van der Waals surface area contributed by atoms with Gasteiger partial charge in [0.2, 0.25) is 0 Å². The van der Waals surface area contributed by atoms with Crippen molar-refractivity contribution >= 4 is 17.7 Å². The number of aromatic carboxylic acids is 1. The average Bonchev–Trinajstić information content (AvgIpc) is 2.58. The van der Waals surface area contributed by atoms with E-state index in [0.29, 0.717) is 5.69 Å². The first-order valence-corrected chi connectivity index (χ1v) is 6.90. The zero-order valence-corrected chi connectivity index (χ0v) is 12.4. The summed E-state index contributed by atoms with van der Waals surface area (Å²) in [6, 6.07) is 12.2. The summed E-state index contributed by atoms with van der Waals surface area (Å²) in [5, 5.41) is 9.05. The summed E-state index contributed by atoms with van der Waals surface area (Å²) in [5.41, 5.74) is 1.14. The molecule has 0 saturated heterocycles. The second-order valence-corrected chi connectivity index (χ2v) is 4.64. The minimum atomic E-state index is -1.16. The van der Waals surface area contributed by atoms with E-state index in [-0.39, 0.29) is 18.8 Å². The fourth-order valence-corrected chi connectivity index (χ4v) is 1.94. The Labute approximate surface area is 133 Å². The molecular formula is C17H16N2O4. The summed E-state index contributed by atoms with van der Waals surface area (Å²) in [4.78, 5) is 28.5. The molecule has 2 rings (SSSR count). The van der Waals surface area contributed by atoms with Crippen LogP contribution in [0.2, 0.25) is 0 Å². The fraction of sp³-hybridized carbons (Fsp3) is 0.118. The van der Waals surface area contributed by atoms with Crippen LogP contribution in [0.25, 0.3) is 0 Å². The quantitative estimate of drug-likeness (QED) is 0.829. The van der Waals surface area contributed by atoms with Crippen LogP contribution in [-0.4, -0.2) is 28.8 Å². The highest BCUT2D eigenvalue weighted by atomic mass is 16.6. The molecule has 2 aromatic rings. The molecule has 1 N–H and O–H groups in total. The highest BCUT2D eigenvalue weighted by Gasteiger charge is 2.19. The molecule has 23 heavy (non-hydrogen) atoms. The first-order valence-electron chi connectivity index (χ1n) is 6.90. The lowest BCUT2D eigenvalue weighted by molar-refractivity contribution is 0.0690. The Bertz CT molecular complexity index is 701. The molecule has 0 radical (unpaired) electrons. The molecule has 0 spiro atoms. The van der Waals surface area contributed by atoms with Gasteiger partial charge in [0.25, 0.3) is 0 Å². The Morgan fingerprint density at radius 1 is 1.26 bits per heavy atom. The number of carbonyl (C=O) groups is 2. The SMILES string of the molecule is C=CCOC(=O)N(Cc1ccccc1)c1ccnc(C(=O)O)c1. The summed E-state index contributed by atoms with van der Waals surface area (Å²) in [6.45, 7) is 3.82. The lowest BCUT2D eigenvalue weighted by atomic mass is 10.2. The van der Waals surface area contributed by atoms with Gasteiger partial charge in [-0.2, -0.15) is 0 Å². The molecule has 118 valence electrons. The zero-order valence-electron chi connectivity index (χ0n) is 12.4. The maximum absolute atomic E-state index is 12.3. The van der Waals surface area contributed by atoms with Gasteiger partial charge in [0.1, 0.15) is 12.3 Å². The predicted octanol–water partition coefficient (Wildman–Crippen LogP) is 3.11. The van der Waals surface area contributed by atoms with Crippen LogP contribution < -0.4 is 4.90 Å². The van der Waals surface area contributed by atoms with Gasteiger partial charge in [0.05, 0.1) is 12.2 Å². The summed E-state index contributed by atoms with van der Waals surface area (Å²) >= 11 is 0. The van der Waals surface area contributed by atoms with E-state index >= 15 is 0 Å². The van der Waals surface area contributed by atoms with E-state index in [1.54, 1.807) is 6.07 Å². The molecule has 6 heteroatoms. The number of aromatic nitrogens is 1. The Hall–Kier alpha value is -3.15. The van der Waals surface area contributed by atoms with E-state index in [1.165, 1.54) is 23.2 Å². The van der Waals surface area contributed by atoms with Crippen molar-refractivity contribution in [2.45, 2.75) is 6.54 Å². The van der Waals surface area contributed by atoms with Gasteiger partial charge in [-0.15, -0.1) is 0 Å². The molecule has 1 aromatic carbocycles. The number of nitrogens with zero attached hydrogens (tertiary/aromatic N) is 2. The molecule has 0 fully saturated rings. The number of anilines is 1. The molecule has 0 saturated carbocycles. The molecule has 0 bridgehead atoms. The molecule has 1 amide bonds. The number of rotatable bonds is 6. The van der Waals surface area contributed by atoms with Gasteiger partial charge in [-0.25, -0.2) is 14.6 Å². The average molecular weight is 312 g/mol. The van der Waals surface area contributed by atoms with Crippen molar-refractivity contribution in [2.24, 2.45) is 0 Å².